The summed E-state index contributed by atoms with van der Waals surface area (Å²) in [5.41, 5.74) is 11.8. The molecule has 1 aromatic heterocycles. The largest absolute Gasteiger partial charge is 0.393 e. The van der Waals surface area contributed by atoms with E-state index >= 15 is 0 Å². The maximum atomic E-state index is 6.06. The molecular formula is C14H20N6. The van der Waals surface area contributed by atoms with Gasteiger partial charge in [-0.1, -0.05) is 19.1 Å². The van der Waals surface area contributed by atoms with Crippen molar-refractivity contribution >= 4 is 23.0 Å². The molecule has 0 amide bonds. The van der Waals surface area contributed by atoms with Gasteiger partial charge in [0.1, 0.15) is 12.0 Å². The Morgan fingerprint density at radius 1 is 1.10 bits per heavy atom. The first kappa shape index (κ1) is 14.1. The zero-order chi connectivity index (χ0) is 14.5. The SMILES string of the molecule is CCc1ccc(Nc2ncnc(NN(C)C)c2N)cc1. The molecule has 6 nitrogen and oxygen atoms in total. The van der Waals surface area contributed by atoms with Gasteiger partial charge in [-0.3, -0.25) is 0 Å². The van der Waals surface area contributed by atoms with Gasteiger partial charge in [0.2, 0.25) is 0 Å². The lowest BCUT2D eigenvalue weighted by atomic mass is 10.1. The third-order valence-corrected chi connectivity index (χ3v) is 2.84. The molecule has 106 valence electrons. The molecule has 1 heterocycles. The highest BCUT2D eigenvalue weighted by molar-refractivity contribution is 5.77. The van der Waals surface area contributed by atoms with Crippen molar-refractivity contribution in [2.45, 2.75) is 13.3 Å². The molecule has 1 aromatic carbocycles. The Hall–Kier alpha value is -2.34. The van der Waals surface area contributed by atoms with Gasteiger partial charge >= 0.3 is 0 Å². The quantitative estimate of drug-likeness (QED) is 0.725. The molecule has 6 heteroatoms. The van der Waals surface area contributed by atoms with Gasteiger partial charge in [0.05, 0.1) is 0 Å². The zero-order valence-corrected chi connectivity index (χ0v) is 12.0. The fourth-order valence-corrected chi connectivity index (χ4v) is 1.76. The van der Waals surface area contributed by atoms with E-state index in [2.05, 4.69) is 39.8 Å². The number of aromatic nitrogens is 2. The normalized spacial score (nSPS) is 10.6. The second-order valence-electron chi connectivity index (χ2n) is 4.67. The molecule has 0 bridgehead atoms. The number of hydrogen-bond acceptors (Lipinski definition) is 6. The molecule has 0 fully saturated rings. The van der Waals surface area contributed by atoms with Crippen LogP contribution in [0, 0.1) is 0 Å². The van der Waals surface area contributed by atoms with Crippen LogP contribution in [-0.4, -0.2) is 29.1 Å². The van der Waals surface area contributed by atoms with Gasteiger partial charge in [0.25, 0.3) is 0 Å². The summed E-state index contributed by atoms with van der Waals surface area (Å²) in [6.45, 7) is 2.13. The van der Waals surface area contributed by atoms with E-state index in [1.165, 1.54) is 11.9 Å². The number of nitrogens with zero attached hydrogens (tertiary/aromatic N) is 3. The van der Waals surface area contributed by atoms with Gasteiger partial charge in [0.15, 0.2) is 11.6 Å². The van der Waals surface area contributed by atoms with Gasteiger partial charge in [-0.25, -0.2) is 15.0 Å². The number of benzene rings is 1. The van der Waals surface area contributed by atoms with Crippen LogP contribution in [-0.2, 0) is 6.42 Å². The van der Waals surface area contributed by atoms with Crippen LogP contribution in [0.25, 0.3) is 0 Å². The minimum Gasteiger partial charge on any atom is -0.393 e. The van der Waals surface area contributed by atoms with E-state index in [0.29, 0.717) is 17.3 Å². The van der Waals surface area contributed by atoms with Gasteiger partial charge in [-0.2, -0.15) is 0 Å². The predicted molar refractivity (Wildman–Crippen MR) is 82.9 cm³/mol. The lowest BCUT2D eigenvalue weighted by molar-refractivity contribution is 0.492. The zero-order valence-electron chi connectivity index (χ0n) is 12.0. The summed E-state index contributed by atoms with van der Waals surface area (Å²) in [7, 11) is 3.75. The van der Waals surface area contributed by atoms with Gasteiger partial charge in [0, 0.05) is 19.8 Å². The monoisotopic (exact) mass is 272 g/mol. The molecular weight excluding hydrogens is 252 g/mol. The summed E-state index contributed by atoms with van der Waals surface area (Å²) in [6.07, 6.45) is 2.50. The molecule has 4 N–H and O–H groups in total. The Labute approximate surface area is 119 Å². The van der Waals surface area contributed by atoms with E-state index in [-0.39, 0.29) is 0 Å². The van der Waals surface area contributed by atoms with E-state index in [1.54, 1.807) is 5.01 Å². The number of hydrogen-bond donors (Lipinski definition) is 3. The smallest absolute Gasteiger partial charge is 0.169 e. The summed E-state index contributed by atoms with van der Waals surface area (Å²) in [5.74, 6) is 1.17. The minimum absolute atomic E-state index is 0.487. The molecule has 0 saturated heterocycles. The highest BCUT2D eigenvalue weighted by Crippen LogP contribution is 2.25. The molecule has 0 unspecified atom stereocenters. The van der Waals surface area contributed by atoms with Crippen LogP contribution in [0.1, 0.15) is 12.5 Å². The maximum absolute atomic E-state index is 6.06. The van der Waals surface area contributed by atoms with Crippen LogP contribution in [0.2, 0.25) is 0 Å². The topological polar surface area (TPSA) is 79.1 Å². The van der Waals surface area contributed by atoms with E-state index in [1.807, 2.05) is 26.2 Å². The Balaban J connectivity index is 2.20. The van der Waals surface area contributed by atoms with Crippen molar-refractivity contribution < 1.29 is 0 Å². The van der Waals surface area contributed by atoms with E-state index in [0.717, 1.165) is 12.1 Å². The van der Waals surface area contributed by atoms with E-state index in [9.17, 15) is 0 Å². The van der Waals surface area contributed by atoms with Crippen molar-refractivity contribution in [3.05, 3.63) is 36.2 Å². The van der Waals surface area contributed by atoms with Crippen molar-refractivity contribution in [1.82, 2.24) is 15.0 Å². The number of nitrogen functional groups attached to an aromatic ring is 1. The fourth-order valence-electron chi connectivity index (χ4n) is 1.76. The first-order valence-corrected chi connectivity index (χ1v) is 6.50. The summed E-state index contributed by atoms with van der Waals surface area (Å²) >= 11 is 0. The summed E-state index contributed by atoms with van der Waals surface area (Å²) in [5, 5.41) is 4.98. The average Bonchev–Trinajstić information content (AvgIpc) is 2.43. The number of nitrogens with one attached hydrogen (secondary N) is 2. The molecule has 0 saturated carbocycles. The van der Waals surface area contributed by atoms with Crippen LogP contribution < -0.4 is 16.5 Å². The lowest BCUT2D eigenvalue weighted by Crippen LogP contribution is -2.21. The Kier molecular flexibility index (Phi) is 4.37. The fraction of sp³-hybridized carbons (Fsp3) is 0.286. The molecule has 0 aliphatic rings. The second-order valence-corrected chi connectivity index (χ2v) is 4.67. The third kappa shape index (κ3) is 3.36. The average molecular weight is 272 g/mol. The first-order valence-electron chi connectivity index (χ1n) is 6.50. The minimum atomic E-state index is 0.487. The molecule has 0 aliphatic heterocycles. The Bertz CT molecular complexity index is 564. The third-order valence-electron chi connectivity index (χ3n) is 2.84. The van der Waals surface area contributed by atoms with Crippen LogP contribution in [0.15, 0.2) is 30.6 Å². The van der Waals surface area contributed by atoms with Crippen LogP contribution >= 0.6 is 0 Å². The number of hydrazine groups is 1. The van der Waals surface area contributed by atoms with Crippen molar-refractivity contribution in [2.75, 3.05) is 30.6 Å². The lowest BCUT2D eigenvalue weighted by Gasteiger charge is -2.16. The number of aryl methyl sites for hydroxylation is 1. The molecule has 2 aromatic rings. The first-order chi connectivity index (χ1) is 9.60. The van der Waals surface area contributed by atoms with Crippen molar-refractivity contribution in [3.63, 3.8) is 0 Å². The summed E-state index contributed by atoms with van der Waals surface area (Å²) < 4.78 is 0. The highest BCUT2D eigenvalue weighted by Gasteiger charge is 2.08. The molecule has 0 radical (unpaired) electrons. The number of nitrogens with two attached hydrogens (primary N) is 1. The van der Waals surface area contributed by atoms with Gasteiger partial charge < -0.3 is 16.5 Å². The molecule has 0 atom stereocenters. The molecule has 0 spiro atoms. The number of rotatable bonds is 5. The standard InChI is InChI=1S/C14H20N6/c1-4-10-5-7-11(8-6-10)18-13-12(15)14(17-9-16-13)19-20(2)3/h5-9H,4,15H2,1-3H3,(H2,16,17,18,19). The van der Waals surface area contributed by atoms with Crippen LogP contribution in [0.5, 0.6) is 0 Å². The van der Waals surface area contributed by atoms with Crippen LogP contribution in [0.4, 0.5) is 23.0 Å². The van der Waals surface area contributed by atoms with E-state index in [4.69, 9.17) is 5.73 Å². The molecule has 2 rings (SSSR count). The molecule has 20 heavy (non-hydrogen) atoms. The van der Waals surface area contributed by atoms with Crippen LogP contribution in [0.3, 0.4) is 0 Å². The summed E-state index contributed by atoms with van der Waals surface area (Å²) in [6, 6.07) is 8.19. The Morgan fingerprint density at radius 2 is 1.75 bits per heavy atom. The maximum Gasteiger partial charge on any atom is 0.169 e. The highest BCUT2D eigenvalue weighted by atomic mass is 15.5. The van der Waals surface area contributed by atoms with Crippen molar-refractivity contribution in [3.8, 4) is 0 Å². The van der Waals surface area contributed by atoms with E-state index < -0.39 is 0 Å². The number of anilines is 4. The van der Waals surface area contributed by atoms with Gasteiger partial charge in [-0.15, -0.1) is 0 Å². The summed E-state index contributed by atoms with van der Waals surface area (Å²) in [4.78, 5) is 8.30. The van der Waals surface area contributed by atoms with Crippen molar-refractivity contribution in [1.29, 1.82) is 0 Å². The van der Waals surface area contributed by atoms with Crippen molar-refractivity contribution in [2.24, 2.45) is 0 Å². The second kappa shape index (κ2) is 6.21. The molecule has 0 aliphatic carbocycles. The predicted octanol–water partition coefficient (Wildman–Crippen LogP) is 2.25. The van der Waals surface area contributed by atoms with Gasteiger partial charge in [-0.05, 0) is 24.1 Å². The Morgan fingerprint density at radius 3 is 2.35 bits per heavy atom.